The van der Waals surface area contributed by atoms with E-state index in [9.17, 15) is 30.0 Å². The molecule has 1 atom stereocenters. The number of phenolic OH excluding ortho intramolecular Hbond substituents is 3. The fraction of sp³-hybridized carbons (Fsp3) is 0.250. The van der Waals surface area contributed by atoms with Crippen LogP contribution in [0.15, 0.2) is 53.3 Å². The summed E-state index contributed by atoms with van der Waals surface area (Å²) < 4.78 is 6.26. The van der Waals surface area contributed by atoms with E-state index in [4.69, 9.17) is 4.74 Å². The highest BCUT2D eigenvalue weighted by atomic mass is 16.5. The fourth-order valence-corrected chi connectivity index (χ4v) is 3.72. The van der Waals surface area contributed by atoms with Crippen LogP contribution in [0.25, 0.3) is 0 Å². The normalized spacial score (nSPS) is 11.8. The average molecular weight is 439 g/mol. The van der Waals surface area contributed by atoms with Crippen LogP contribution in [0.1, 0.15) is 34.7 Å². The van der Waals surface area contributed by atoms with Crippen molar-refractivity contribution in [2.45, 2.75) is 32.2 Å². The minimum absolute atomic E-state index is 0.0279. The lowest BCUT2D eigenvalue weighted by Gasteiger charge is -2.20. The number of ether oxygens (including phenoxy) is 1. The summed E-state index contributed by atoms with van der Waals surface area (Å²) in [6.07, 6.45) is 0.185. The molecule has 3 aromatic rings. The van der Waals surface area contributed by atoms with Crippen molar-refractivity contribution in [3.8, 4) is 23.0 Å². The zero-order valence-electron chi connectivity index (χ0n) is 17.8. The van der Waals surface area contributed by atoms with Crippen LogP contribution in [-0.4, -0.2) is 38.1 Å². The second kappa shape index (κ2) is 9.47. The van der Waals surface area contributed by atoms with Gasteiger partial charge >= 0.3 is 5.97 Å². The molecule has 32 heavy (non-hydrogen) atoms. The molecule has 0 aliphatic heterocycles. The van der Waals surface area contributed by atoms with Crippen molar-refractivity contribution in [3.63, 3.8) is 0 Å². The number of phenols is 3. The molecule has 1 heterocycles. The van der Waals surface area contributed by atoms with E-state index in [1.54, 1.807) is 25.1 Å². The second-order valence-corrected chi connectivity index (χ2v) is 7.54. The Morgan fingerprint density at radius 3 is 2.41 bits per heavy atom. The number of rotatable bonds is 7. The Bertz CT molecular complexity index is 1200. The van der Waals surface area contributed by atoms with Crippen molar-refractivity contribution in [2.75, 3.05) is 7.11 Å². The molecule has 0 amide bonds. The molecule has 1 aromatic heterocycles. The summed E-state index contributed by atoms with van der Waals surface area (Å²) in [5.41, 5.74) is 1.27. The lowest BCUT2D eigenvalue weighted by molar-refractivity contribution is -0.140. The molecule has 4 N–H and O–H groups in total. The maximum Gasteiger partial charge on any atom is 0.306 e. The number of benzene rings is 2. The number of aromatic nitrogens is 1. The number of methoxy groups -OCH3 is 1. The number of carbonyl (C=O) groups is 1. The number of hydrogen-bond acceptors (Lipinski definition) is 7. The van der Waals surface area contributed by atoms with E-state index in [2.05, 4.69) is 0 Å². The molecule has 0 fully saturated rings. The number of nitrogens with zero attached hydrogens (tertiary/aromatic N) is 1. The first-order valence-corrected chi connectivity index (χ1v) is 10.0. The quantitative estimate of drug-likeness (QED) is 0.329. The van der Waals surface area contributed by atoms with Gasteiger partial charge in [0.25, 0.3) is 5.56 Å². The summed E-state index contributed by atoms with van der Waals surface area (Å²) in [5, 5.41) is 39.7. The Kier molecular flexibility index (Phi) is 6.73. The summed E-state index contributed by atoms with van der Waals surface area (Å²) >= 11 is 0. The van der Waals surface area contributed by atoms with Crippen molar-refractivity contribution in [3.05, 3.63) is 81.3 Å². The second-order valence-electron chi connectivity index (χ2n) is 7.54. The van der Waals surface area contributed by atoms with Gasteiger partial charge in [0, 0.05) is 18.2 Å². The van der Waals surface area contributed by atoms with E-state index in [1.165, 1.54) is 42.0 Å². The Labute approximate surface area is 184 Å². The Hall–Kier alpha value is -3.94. The Morgan fingerprint density at radius 2 is 1.75 bits per heavy atom. The maximum absolute atomic E-state index is 13.4. The van der Waals surface area contributed by atoms with Crippen LogP contribution in [-0.2, 0) is 22.5 Å². The van der Waals surface area contributed by atoms with Gasteiger partial charge < -0.3 is 29.7 Å². The molecule has 0 saturated heterocycles. The third kappa shape index (κ3) is 4.85. The van der Waals surface area contributed by atoms with E-state index in [1.807, 2.05) is 0 Å². The molecule has 0 saturated carbocycles. The number of hydrogen-bond donors (Lipinski definition) is 4. The van der Waals surface area contributed by atoms with E-state index < -0.39 is 17.4 Å². The van der Waals surface area contributed by atoms with Gasteiger partial charge in [0.15, 0.2) is 11.5 Å². The summed E-state index contributed by atoms with van der Waals surface area (Å²) in [5.74, 6) is -2.15. The molecule has 2 aromatic carbocycles. The van der Waals surface area contributed by atoms with E-state index in [0.717, 1.165) is 0 Å². The molecule has 3 rings (SSSR count). The van der Waals surface area contributed by atoms with E-state index >= 15 is 0 Å². The van der Waals surface area contributed by atoms with E-state index in [-0.39, 0.29) is 41.5 Å². The lowest BCUT2D eigenvalue weighted by atomic mass is 9.88. The highest BCUT2D eigenvalue weighted by molar-refractivity contribution is 5.71. The van der Waals surface area contributed by atoms with Crippen LogP contribution < -0.4 is 5.56 Å². The molecular weight excluding hydrogens is 414 g/mol. The van der Waals surface area contributed by atoms with Gasteiger partial charge in [-0.05, 0) is 54.8 Å². The number of aromatic hydroxyl groups is 4. The largest absolute Gasteiger partial charge is 0.508 e. The topological polar surface area (TPSA) is 129 Å². The fourth-order valence-electron chi connectivity index (χ4n) is 3.72. The van der Waals surface area contributed by atoms with Crippen LogP contribution in [0.4, 0.5) is 0 Å². The minimum Gasteiger partial charge on any atom is -0.508 e. The zero-order chi connectivity index (χ0) is 23.4. The molecular formula is C24H25NO7. The lowest BCUT2D eigenvalue weighted by Crippen LogP contribution is -2.29. The molecule has 8 nitrogen and oxygen atoms in total. The number of aryl methyl sites for hydroxylation is 2. The Balaban J connectivity index is 2.04. The zero-order valence-corrected chi connectivity index (χ0v) is 17.8. The molecule has 0 radical (unpaired) electrons. The van der Waals surface area contributed by atoms with Crippen LogP contribution >= 0.6 is 0 Å². The first-order valence-electron chi connectivity index (χ1n) is 10.0. The van der Waals surface area contributed by atoms with Gasteiger partial charge in [-0.1, -0.05) is 18.2 Å². The van der Waals surface area contributed by atoms with Crippen molar-refractivity contribution < 1.29 is 30.0 Å². The maximum atomic E-state index is 13.4. The van der Waals surface area contributed by atoms with Crippen molar-refractivity contribution in [1.29, 1.82) is 0 Å². The van der Waals surface area contributed by atoms with Gasteiger partial charge in [0.1, 0.15) is 11.5 Å². The smallest absolute Gasteiger partial charge is 0.306 e. The molecule has 8 heteroatoms. The van der Waals surface area contributed by atoms with Gasteiger partial charge in [0.05, 0.1) is 19.1 Å². The molecule has 0 unspecified atom stereocenters. The molecule has 0 bridgehead atoms. The van der Waals surface area contributed by atoms with Crippen molar-refractivity contribution >= 4 is 5.97 Å². The van der Waals surface area contributed by atoms with Crippen LogP contribution in [0, 0.1) is 6.92 Å². The molecule has 168 valence electrons. The van der Waals surface area contributed by atoms with Gasteiger partial charge in [0.2, 0.25) is 0 Å². The highest BCUT2D eigenvalue weighted by Gasteiger charge is 2.26. The van der Waals surface area contributed by atoms with Gasteiger partial charge in [-0.15, -0.1) is 0 Å². The van der Waals surface area contributed by atoms with Crippen molar-refractivity contribution in [1.82, 2.24) is 4.57 Å². The standard InChI is InChI=1S/C24H25NO7/c1-14-10-21(29)23(18(13-22(30)32-2)16-4-3-5-17(26)12-16)24(31)25(14)9-8-15-6-7-19(27)20(28)11-15/h3-7,10-12,18,26-29H,8-9,13H2,1-2H3/t18-/m1/s1. The van der Waals surface area contributed by atoms with Crippen molar-refractivity contribution in [2.24, 2.45) is 0 Å². The summed E-state index contributed by atoms with van der Waals surface area (Å²) in [4.78, 5) is 25.5. The monoisotopic (exact) mass is 439 g/mol. The number of esters is 1. The third-order valence-corrected chi connectivity index (χ3v) is 5.41. The first kappa shape index (κ1) is 22.7. The average Bonchev–Trinajstić information content (AvgIpc) is 2.74. The predicted molar refractivity (Wildman–Crippen MR) is 117 cm³/mol. The van der Waals surface area contributed by atoms with Crippen LogP contribution in [0.2, 0.25) is 0 Å². The molecule has 0 aliphatic rings. The number of carbonyl (C=O) groups excluding carboxylic acids is 1. The SMILES string of the molecule is COC(=O)C[C@H](c1cccc(O)c1)c1c(O)cc(C)n(CCc2ccc(O)c(O)c2)c1=O. The summed E-state index contributed by atoms with van der Waals surface area (Å²) in [7, 11) is 1.24. The minimum atomic E-state index is -0.827. The molecule has 0 aliphatic carbocycles. The Morgan fingerprint density at radius 1 is 1.00 bits per heavy atom. The summed E-state index contributed by atoms with van der Waals surface area (Å²) in [6, 6.07) is 12.1. The van der Waals surface area contributed by atoms with Gasteiger partial charge in [-0.25, -0.2) is 0 Å². The number of pyridine rings is 1. The van der Waals surface area contributed by atoms with Gasteiger partial charge in [-0.3, -0.25) is 9.59 Å². The molecule has 0 spiro atoms. The van der Waals surface area contributed by atoms with Crippen LogP contribution in [0.5, 0.6) is 23.0 Å². The predicted octanol–water partition coefficient (Wildman–Crippen LogP) is 2.92. The summed E-state index contributed by atoms with van der Waals surface area (Å²) in [6.45, 7) is 1.93. The van der Waals surface area contributed by atoms with Crippen LogP contribution in [0.3, 0.4) is 0 Å². The third-order valence-electron chi connectivity index (χ3n) is 5.41. The highest BCUT2D eigenvalue weighted by Crippen LogP contribution is 2.34. The van der Waals surface area contributed by atoms with E-state index in [0.29, 0.717) is 23.2 Å². The first-order chi connectivity index (χ1) is 15.2. The van der Waals surface area contributed by atoms with Gasteiger partial charge in [-0.2, -0.15) is 0 Å².